The van der Waals surface area contributed by atoms with E-state index < -0.39 is 23.7 Å². The lowest BCUT2D eigenvalue weighted by atomic mass is 10.0. The highest BCUT2D eigenvalue weighted by Gasteiger charge is 2.31. The van der Waals surface area contributed by atoms with Crippen molar-refractivity contribution >= 4 is 34.7 Å². The number of nitrogens with zero attached hydrogens (tertiary/aromatic N) is 1. The molecule has 6 nitrogen and oxygen atoms in total. The van der Waals surface area contributed by atoms with E-state index in [9.17, 15) is 14.7 Å². The Kier molecular flexibility index (Phi) is 8.66. The lowest BCUT2D eigenvalue weighted by Crippen LogP contribution is -2.46. The van der Waals surface area contributed by atoms with E-state index in [2.05, 4.69) is 29.5 Å². The summed E-state index contributed by atoms with van der Waals surface area (Å²) >= 11 is 2.17. The normalized spacial score (nSPS) is 12.4. The number of hydrogen-bond acceptors (Lipinski definition) is 4. The number of carboxylic acids is 1. The zero-order chi connectivity index (χ0) is 19.9. The molecule has 1 aromatic carbocycles. The Balaban J connectivity index is 3.01. The highest BCUT2D eigenvalue weighted by atomic mass is 127. The summed E-state index contributed by atoms with van der Waals surface area (Å²) in [6.07, 6.45) is 1.41. The largest absolute Gasteiger partial charge is 0.493 e. The van der Waals surface area contributed by atoms with Crippen LogP contribution >= 0.6 is 22.6 Å². The molecule has 1 rings (SSSR count). The average molecular weight is 477 g/mol. The standard InChI is InChI=1S/C19H28INO5/c1-6-7-10-25-16-9-8-14(20)11-13(16)12-15(17(22)23)21(5)18(24)26-19(2,3)4/h8-9,11,15H,6-7,10,12H2,1-5H3,(H,22,23)/t15-/m0/s1. The van der Waals surface area contributed by atoms with E-state index in [0.29, 0.717) is 12.4 Å². The predicted octanol–water partition coefficient (Wildman–Crippen LogP) is 4.33. The summed E-state index contributed by atoms with van der Waals surface area (Å²) in [6.45, 7) is 7.88. The van der Waals surface area contributed by atoms with Crippen LogP contribution < -0.4 is 4.74 Å². The van der Waals surface area contributed by atoms with Gasteiger partial charge in [0.05, 0.1) is 6.61 Å². The van der Waals surface area contributed by atoms with E-state index in [0.717, 1.165) is 26.9 Å². The van der Waals surface area contributed by atoms with Crippen molar-refractivity contribution in [1.29, 1.82) is 0 Å². The number of unbranched alkanes of at least 4 members (excludes halogenated alkanes) is 1. The number of halogens is 1. The van der Waals surface area contributed by atoms with Gasteiger partial charge in [0.15, 0.2) is 0 Å². The van der Waals surface area contributed by atoms with Crippen LogP contribution in [0.5, 0.6) is 5.75 Å². The molecule has 1 amide bonds. The first-order valence-electron chi connectivity index (χ1n) is 8.65. The molecule has 1 N–H and O–H groups in total. The van der Waals surface area contributed by atoms with Gasteiger partial charge < -0.3 is 14.6 Å². The number of benzene rings is 1. The van der Waals surface area contributed by atoms with Gasteiger partial charge in [-0.05, 0) is 73.5 Å². The van der Waals surface area contributed by atoms with Crippen molar-refractivity contribution in [3.05, 3.63) is 27.3 Å². The monoisotopic (exact) mass is 477 g/mol. The summed E-state index contributed by atoms with van der Waals surface area (Å²) < 4.78 is 12.1. The third kappa shape index (κ3) is 7.39. The average Bonchev–Trinajstić information content (AvgIpc) is 2.52. The first-order chi connectivity index (χ1) is 12.0. The van der Waals surface area contributed by atoms with Crippen molar-refractivity contribution in [2.45, 2.75) is 58.6 Å². The Hall–Kier alpha value is -1.51. The van der Waals surface area contributed by atoms with Crippen LogP contribution in [0.15, 0.2) is 18.2 Å². The van der Waals surface area contributed by atoms with Crippen LogP contribution in [0.3, 0.4) is 0 Å². The topological polar surface area (TPSA) is 76.1 Å². The lowest BCUT2D eigenvalue weighted by molar-refractivity contribution is -0.142. The van der Waals surface area contributed by atoms with Gasteiger partial charge in [-0.15, -0.1) is 0 Å². The second-order valence-electron chi connectivity index (χ2n) is 7.10. The van der Waals surface area contributed by atoms with Gasteiger partial charge in [0.1, 0.15) is 17.4 Å². The van der Waals surface area contributed by atoms with Gasteiger partial charge >= 0.3 is 12.1 Å². The van der Waals surface area contributed by atoms with Gasteiger partial charge in [0, 0.05) is 17.0 Å². The first-order valence-corrected chi connectivity index (χ1v) is 9.73. The van der Waals surface area contributed by atoms with Crippen LogP contribution in [0, 0.1) is 3.57 Å². The Bertz CT molecular complexity index is 627. The minimum atomic E-state index is -1.09. The SMILES string of the molecule is CCCCOc1ccc(I)cc1C[C@@H](C(=O)O)N(C)C(=O)OC(C)(C)C. The summed E-state index contributed by atoms with van der Waals surface area (Å²) in [5.74, 6) is -0.431. The molecule has 0 saturated heterocycles. The number of likely N-dealkylation sites (N-methyl/N-ethyl adjacent to an activating group) is 1. The number of rotatable bonds is 8. The highest BCUT2D eigenvalue weighted by molar-refractivity contribution is 14.1. The van der Waals surface area contributed by atoms with Crippen molar-refractivity contribution < 1.29 is 24.2 Å². The van der Waals surface area contributed by atoms with E-state index in [4.69, 9.17) is 9.47 Å². The molecule has 0 aliphatic carbocycles. The number of ether oxygens (including phenoxy) is 2. The molecular weight excluding hydrogens is 449 g/mol. The molecule has 0 bridgehead atoms. The molecule has 0 aliphatic heterocycles. The van der Waals surface area contributed by atoms with Crippen molar-refractivity contribution in [3.63, 3.8) is 0 Å². The van der Waals surface area contributed by atoms with E-state index >= 15 is 0 Å². The molecule has 0 radical (unpaired) electrons. The second kappa shape index (κ2) is 9.99. The summed E-state index contributed by atoms with van der Waals surface area (Å²) in [5, 5.41) is 9.63. The maximum atomic E-state index is 12.3. The molecule has 0 spiro atoms. The minimum absolute atomic E-state index is 0.142. The Morgan fingerprint density at radius 3 is 2.50 bits per heavy atom. The molecule has 7 heteroatoms. The van der Waals surface area contributed by atoms with Gasteiger partial charge in [-0.2, -0.15) is 0 Å². The van der Waals surface area contributed by atoms with Crippen LogP contribution in [0.2, 0.25) is 0 Å². The second-order valence-corrected chi connectivity index (χ2v) is 8.35. The Labute approximate surface area is 169 Å². The van der Waals surface area contributed by atoms with Crippen LogP contribution in [0.1, 0.15) is 46.1 Å². The third-order valence-electron chi connectivity index (χ3n) is 3.63. The number of carboxylic acid groups (broad SMARTS) is 1. The number of aliphatic carboxylic acids is 1. The number of carbonyl (C=O) groups is 2. The fourth-order valence-corrected chi connectivity index (χ4v) is 2.79. The Morgan fingerprint density at radius 1 is 1.31 bits per heavy atom. The van der Waals surface area contributed by atoms with Crippen LogP contribution in [-0.2, 0) is 16.0 Å². The molecule has 0 heterocycles. The molecular formula is C19H28INO5. The predicted molar refractivity (Wildman–Crippen MR) is 109 cm³/mol. The molecule has 1 aromatic rings. The van der Waals surface area contributed by atoms with E-state index in [1.165, 1.54) is 7.05 Å². The molecule has 146 valence electrons. The smallest absolute Gasteiger partial charge is 0.410 e. The van der Waals surface area contributed by atoms with E-state index in [1.807, 2.05) is 18.2 Å². The van der Waals surface area contributed by atoms with Crippen molar-refractivity contribution in [2.24, 2.45) is 0 Å². The zero-order valence-electron chi connectivity index (χ0n) is 16.0. The van der Waals surface area contributed by atoms with E-state index in [1.54, 1.807) is 20.8 Å². The first kappa shape index (κ1) is 22.5. The van der Waals surface area contributed by atoms with Gasteiger partial charge in [-0.1, -0.05) is 13.3 Å². The fraction of sp³-hybridized carbons (Fsp3) is 0.579. The summed E-state index contributed by atoms with van der Waals surface area (Å²) in [7, 11) is 1.44. The summed E-state index contributed by atoms with van der Waals surface area (Å²) in [4.78, 5) is 25.2. The van der Waals surface area contributed by atoms with E-state index in [-0.39, 0.29) is 6.42 Å². The van der Waals surface area contributed by atoms with Gasteiger partial charge in [0.25, 0.3) is 0 Å². The molecule has 0 saturated carbocycles. The maximum Gasteiger partial charge on any atom is 0.410 e. The molecule has 26 heavy (non-hydrogen) atoms. The summed E-state index contributed by atoms with van der Waals surface area (Å²) in [5.41, 5.74) is 0.0705. The Morgan fingerprint density at radius 2 is 1.96 bits per heavy atom. The van der Waals surface area contributed by atoms with Crippen molar-refractivity contribution in [2.75, 3.05) is 13.7 Å². The number of amides is 1. The highest BCUT2D eigenvalue weighted by Crippen LogP contribution is 2.25. The van der Waals surface area contributed by atoms with Gasteiger partial charge in [-0.25, -0.2) is 9.59 Å². The van der Waals surface area contributed by atoms with Gasteiger partial charge in [-0.3, -0.25) is 4.90 Å². The lowest BCUT2D eigenvalue weighted by Gasteiger charge is -2.29. The fourth-order valence-electron chi connectivity index (χ4n) is 2.23. The summed E-state index contributed by atoms with van der Waals surface area (Å²) in [6, 6.07) is 4.61. The number of carbonyl (C=O) groups excluding carboxylic acids is 1. The van der Waals surface area contributed by atoms with Crippen molar-refractivity contribution in [1.82, 2.24) is 4.90 Å². The van der Waals surface area contributed by atoms with Crippen LogP contribution in [-0.4, -0.2) is 47.4 Å². The van der Waals surface area contributed by atoms with Gasteiger partial charge in [0.2, 0.25) is 0 Å². The van der Waals surface area contributed by atoms with Crippen LogP contribution in [0.4, 0.5) is 4.79 Å². The van der Waals surface area contributed by atoms with Crippen LogP contribution in [0.25, 0.3) is 0 Å². The van der Waals surface area contributed by atoms with Crippen molar-refractivity contribution in [3.8, 4) is 5.75 Å². The minimum Gasteiger partial charge on any atom is -0.493 e. The molecule has 0 fully saturated rings. The maximum absolute atomic E-state index is 12.3. The zero-order valence-corrected chi connectivity index (χ0v) is 18.2. The third-order valence-corrected chi connectivity index (χ3v) is 4.30. The molecule has 0 unspecified atom stereocenters. The molecule has 0 aliphatic rings. The molecule has 1 atom stereocenters. The quantitative estimate of drug-likeness (QED) is 0.446. The molecule has 0 aromatic heterocycles. The number of hydrogen-bond donors (Lipinski definition) is 1.